The van der Waals surface area contributed by atoms with Crippen molar-refractivity contribution in [3.8, 4) is 11.4 Å². The largest absolute Gasteiger partial charge is 0.331 e. The summed E-state index contributed by atoms with van der Waals surface area (Å²) >= 11 is 0. The zero-order valence-electron chi connectivity index (χ0n) is 8.99. The predicted molar refractivity (Wildman–Crippen MR) is 58.4 cm³/mol. The fourth-order valence-corrected chi connectivity index (χ4v) is 2.26. The van der Waals surface area contributed by atoms with E-state index in [1.807, 2.05) is 0 Å². The van der Waals surface area contributed by atoms with Crippen LogP contribution in [-0.2, 0) is 6.54 Å². The van der Waals surface area contributed by atoms with E-state index in [0.717, 1.165) is 18.1 Å². The highest BCUT2D eigenvalue weighted by Gasteiger charge is 2.28. The van der Waals surface area contributed by atoms with Gasteiger partial charge in [0.1, 0.15) is 12.2 Å². The number of hydrogen-bond donors (Lipinski definition) is 0. The highest BCUT2D eigenvalue weighted by atomic mass is 15.1. The molecule has 0 N–H and O–H groups in total. The summed E-state index contributed by atoms with van der Waals surface area (Å²) in [5.74, 6) is 1.11. The molecule has 1 aliphatic heterocycles. The van der Waals surface area contributed by atoms with Crippen LogP contribution in [0.2, 0.25) is 0 Å². The summed E-state index contributed by atoms with van der Waals surface area (Å²) in [6, 6.07) is 10.6. The van der Waals surface area contributed by atoms with Crippen molar-refractivity contribution >= 4 is 0 Å². The molecule has 1 aliphatic rings. The first kappa shape index (κ1) is 8.60. The molecule has 1 aromatic carbocycles. The standard InChI is InChI=1S/C13H13N2/c1-9-7-10(2)15-8-11-5-3-4-6-12(11)13(15)14-9/h3-7H,8H2,1-2H3/q+1. The molecule has 0 fully saturated rings. The number of hydrogen-bond acceptors (Lipinski definition) is 1. The van der Waals surface area contributed by atoms with Gasteiger partial charge in [-0.2, -0.15) is 0 Å². The normalized spacial score (nSPS) is 12.4. The minimum absolute atomic E-state index is 0.963. The summed E-state index contributed by atoms with van der Waals surface area (Å²) in [6.07, 6.45) is 0. The number of fused-ring (bicyclic) bond motifs is 3. The zero-order chi connectivity index (χ0) is 10.4. The number of rotatable bonds is 0. The molecule has 0 unspecified atom stereocenters. The SMILES string of the molecule is Cc1cc(C)[n+]2c(n1)-c1ccccc1C2. The van der Waals surface area contributed by atoms with Crippen LogP contribution in [0, 0.1) is 13.8 Å². The Hall–Kier alpha value is -1.70. The van der Waals surface area contributed by atoms with E-state index in [4.69, 9.17) is 0 Å². The van der Waals surface area contributed by atoms with Crippen LogP contribution in [-0.4, -0.2) is 4.98 Å². The lowest BCUT2D eigenvalue weighted by molar-refractivity contribution is -0.680. The first-order chi connectivity index (χ1) is 7.25. The Morgan fingerprint density at radius 3 is 2.87 bits per heavy atom. The molecule has 2 aromatic rings. The minimum Gasteiger partial charge on any atom is -0.224 e. The summed E-state index contributed by atoms with van der Waals surface area (Å²) in [5.41, 5.74) is 5.03. The summed E-state index contributed by atoms with van der Waals surface area (Å²) in [4.78, 5) is 4.62. The minimum atomic E-state index is 0.963. The molecule has 2 heterocycles. The average Bonchev–Trinajstić information content (AvgIpc) is 2.57. The van der Waals surface area contributed by atoms with Gasteiger partial charge in [0, 0.05) is 18.6 Å². The van der Waals surface area contributed by atoms with Crippen molar-refractivity contribution in [2.75, 3.05) is 0 Å². The van der Waals surface area contributed by atoms with E-state index in [9.17, 15) is 0 Å². The van der Waals surface area contributed by atoms with Crippen molar-refractivity contribution < 1.29 is 4.57 Å². The molecular formula is C13H13N2+. The van der Waals surface area contributed by atoms with Gasteiger partial charge in [0.05, 0.1) is 5.56 Å². The second kappa shape index (κ2) is 2.89. The molecule has 0 saturated carbocycles. The van der Waals surface area contributed by atoms with Crippen LogP contribution in [0.25, 0.3) is 11.4 Å². The average molecular weight is 197 g/mol. The molecule has 15 heavy (non-hydrogen) atoms. The number of benzene rings is 1. The van der Waals surface area contributed by atoms with E-state index < -0.39 is 0 Å². The number of nitrogens with zero attached hydrogens (tertiary/aromatic N) is 2. The van der Waals surface area contributed by atoms with Crippen LogP contribution >= 0.6 is 0 Å². The summed E-state index contributed by atoms with van der Waals surface area (Å²) < 4.78 is 2.28. The van der Waals surface area contributed by atoms with Crippen molar-refractivity contribution in [2.45, 2.75) is 20.4 Å². The van der Waals surface area contributed by atoms with Crippen LogP contribution in [0.15, 0.2) is 30.3 Å². The van der Waals surface area contributed by atoms with Gasteiger partial charge in [-0.1, -0.05) is 18.2 Å². The molecule has 0 aliphatic carbocycles. The van der Waals surface area contributed by atoms with E-state index in [0.29, 0.717) is 0 Å². The van der Waals surface area contributed by atoms with Crippen molar-refractivity contribution in [1.82, 2.24) is 4.98 Å². The highest BCUT2D eigenvalue weighted by molar-refractivity contribution is 5.59. The molecule has 74 valence electrons. The monoisotopic (exact) mass is 197 g/mol. The molecule has 2 nitrogen and oxygen atoms in total. The fourth-order valence-electron chi connectivity index (χ4n) is 2.26. The molecule has 0 amide bonds. The Morgan fingerprint density at radius 1 is 1.20 bits per heavy atom. The molecule has 2 heteroatoms. The van der Waals surface area contributed by atoms with Crippen LogP contribution < -0.4 is 4.57 Å². The molecule has 0 spiro atoms. The molecule has 0 saturated heterocycles. The van der Waals surface area contributed by atoms with Crippen molar-refractivity contribution in [1.29, 1.82) is 0 Å². The third-order valence-corrected chi connectivity index (χ3v) is 2.97. The van der Waals surface area contributed by atoms with Crippen LogP contribution in [0.3, 0.4) is 0 Å². The third-order valence-electron chi connectivity index (χ3n) is 2.97. The van der Waals surface area contributed by atoms with Gasteiger partial charge in [-0.05, 0) is 18.0 Å². The lowest BCUT2D eigenvalue weighted by Crippen LogP contribution is -2.37. The van der Waals surface area contributed by atoms with Crippen LogP contribution in [0.1, 0.15) is 17.0 Å². The van der Waals surface area contributed by atoms with Gasteiger partial charge in [-0.15, -0.1) is 0 Å². The second-order valence-electron chi connectivity index (χ2n) is 4.11. The van der Waals surface area contributed by atoms with E-state index in [1.165, 1.54) is 16.8 Å². The van der Waals surface area contributed by atoms with Crippen molar-refractivity contribution in [2.24, 2.45) is 0 Å². The van der Waals surface area contributed by atoms with Crippen molar-refractivity contribution in [3.63, 3.8) is 0 Å². The van der Waals surface area contributed by atoms with Crippen LogP contribution in [0.4, 0.5) is 0 Å². The molecule has 3 rings (SSSR count). The molecule has 0 atom stereocenters. The predicted octanol–water partition coefficient (Wildman–Crippen LogP) is 2.01. The quantitative estimate of drug-likeness (QED) is 0.504. The van der Waals surface area contributed by atoms with Gasteiger partial charge in [0.15, 0.2) is 5.69 Å². The van der Waals surface area contributed by atoms with Gasteiger partial charge >= 0.3 is 5.82 Å². The first-order valence-corrected chi connectivity index (χ1v) is 5.22. The maximum absolute atomic E-state index is 4.62. The van der Waals surface area contributed by atoms with Crippen molar-refractivity contribution in [3.05, 3.63) is 47.3 Å². The second-order valence-corrected chi connectivity index (χ2v) is 4.11. The maximum atomic E-state index is 4.62. The lowest BCUT2D eigenvalue weighted by atomic mass is 10.1. The molecule has 0 radical (unpaired) electrons. The summed E-state index contributed by atoms with van der Waals surface area (Å²) in [5, 5.41) is 0. The Labute approximate surface area is 89.2 Å². The summed E-state index contributed by atoms with van der Waals surface area (Å²) in [6.45, 7) is 5.16. The molecular weight excluding hydrogens is 184 g/mol. The molecule has 0 bridgehead atoms. The van der Waals surface area contributed by atoms with E-state index in [-0.39, 0.29) is 0 Å². The third kappa shape index (κ3) is 1.18. The van der Waals surface area contributed by atoms with Gasteiger partial charge in [0.25, 0.3) is 0 Å². The highest BCUT2D eigenvalue weighted by Crippen LogP contribution is 2.24. The van der Waals surface area contributed by atoms with E-state index in [1.54, 1.807) is 0 Å². The summed E-state index contributed by atoms with van der Waals surface area (Å²) in [7, 11) is 0. The topological polar surface area (TPSA) is 16.8 Å². The number of aromatic nitrogens is 2. The Bertz CT molecular complexity index is 544. The van der Waals surface area contributed by atoms with Gasteiger partial charge in [0.2, 0.25) is 0 Å². The van der Waals surface area contributed by atoms with Gasteiger partial charge < -0.3 is 0 Å². The lowest BCUT2D eigenvalue weighted by Gasteiger charge is -1.98. The zero-order valence-corrected chi connectivity index (χ0v) is 8.99. The Morgan fingerprint density at radius 2 is 2.00 bits per heavy atom. The maximum Gasteiger partial charge on any atom is 0.331 e. The fraction of sp³-hybridized carbons (Fsp3) is 0.231. The Balaban J connectivity index is 2.33. The van der Waals surface area contributed by atoms with Gasteiger partial charge in [-0.3, -0.25) is 0 Å². The first-order valence-electron chi connectivity index (χ1n) is 5.22. The van der Waals surface area contributed by atoms with Gasteiger partial charge in [-0.25, -0.2) is 4.57 Å². The van der Waals surface area contributed by atoms with Crippen LogP contribution in [0.5, 0.6) is 0 Å². The Kier molecular flexibility index (Phi) is 1.66. The molecule has 1 aromatic heterocycles. The number of aryl methyl sites for hydroxylation is 2. The van der Waals surface area contributed by atoms with E-state index in [2.05, 4.69) is 53.7 Å². The smallest absolute Gasteiger partial charge is 0.224 e. The van der Waals surface area contributed by atoms with E-state index >= 15 is 0 Å².